The van der Waals surface area contributed by atoms with Crippen LogP contribution < -0.4 is 24.4 Å². The highest BCUT2D eigenvalue weighted by Crippen LogP contribution is 2.35. The monoisotopic (exact) mass is 698 g/mol. The van der Waals surface area contributed by atoms with Gasteiger partial charge >= 0.3 is 0 Å². The number of hydrogen-bond acceptors (Lipinski definition) is 11. The third kappa shape index (κ3) is 7.27. The second kappa shape index (κ2) is 14.9. The van der Waals surface area contributed by atoms with Crippen molar-refractivity contribution in [1.29, 1.82) is 0 Å². The maximum atomic E-state index is 6.30. The molecule has 13 nitrogen and oxygen atoms in total. The van der Waals surface area contributed by atoms with Crippen molar-refractivity contribution in [3.63, 3.8) is 0 Å². The first-order valence-corrected chi connectivity index (χ1v) is 18.0. The number of fused-ring (bicyclic) bond motifs is 3. The molecule has 7 rings (SSSR count). The maximum absolute atomic E-state index is 6.30. The molecule has 51 heavy (non-hydrogen) atoms. The van der Waals surface area contributed by atoms with Crippen molar-refractivity contribution in [2.45, 2.75) is 84.3 Å². The second-order valence-electron chi connectivity index (χ2n) is 14.0. The van der Waals surface area contributed by atoms with Crippen LogP contribution >= 0.6 is 0 Å². The molecule has 0 amide bonds. The average molecular weight is 699 g/mol. The number of nitrogens with zero attached hydrogens (tertiary/aromatic N) is 7. The Morgan fingerprint density at radius 2 is 1.76 bits per heavy atom. The van der Waals surface area contributed by atoms with Crippen LogP contribution in [-0.2, 0) is 16.0 Å². The van der Waals surface area contributed by atoms with Gasteiger partial charge in [-0.3, -0.25) is 4.68 Å². The van der Waals surface area contributed by atoms with Gasteiger partial charge in [-0.15, -0.1) is 5.10 Å². The highest BCUT2D eigenvalue weighted by atomic mass is 16.7. The van der Waals surface area contributed by atoms with Crippen molar-refractivity contribution in [1.82, 2.24) is 29.4 Å². The number of aromatic nitrogens is 6. The van der Waals surface area contributed by atoms with Crippen LogP contribution in [0, 0.1) is 12.8 Å². The first-order chi connectivity index (χ1) is 24.7. The molecule has 3 aromatic heterocycles. The van der Waals surface area contributed by atoms with Crippen LogP contribution in [0.5, 0.6) is 17.2 Å². The maximum Gasteiger partial charge on any atom is 0.226 e. The molecule has 2 saturated heterocycles. The van der Waals surface area contributed by atoms with Gasteiger partial charge in [0.15, 0.2) is 17.8 Å². The van der Waals surface area contributed by atoms with Crippen LogP contribution in [0.25, 0.3) is 16.6 Å². The van der Waals surface area contributed by atoms with Gasteiger partial charge < -0.3 is 33.9 Å². The summed E-state index contributed by atoms with van der Waals surface area (Å²) in [6.45, 7) is 11.6. The minimum absolute atomic E-state index is 0.0348. The van der Waals surface area contributed by atoms with E-state index in [0.717, 1.165) is 102 Å². The SMILES string of the molecule is COc1ccc(CNc2nc3cc(OC)ccc3c3nc(C4CC(C)CN(c5cn(C(C)C(C)OC6CCCCO6)nc5C)C4)nn23)c(OC)c1. The van der Waals surface area contributed by atoms with Gasteiger partial charge in [0.1, 0.15) is 17.2 Å². The number of benzene rings is 2. The molecule has 2 aromatic carbocycles. The fourth-order valence-corrected chi connectivity index (χ4v) is 7.30. The van der Waals surface area contributed by atoms with Crippen molar-refractivity contribution < 1.29 is 23.7 Å². The van der Waals surface area contributed by atoms with Crippen molar-refractivity contribution in [3.8, 4) is 17.2 Å². The van der Waals surface area contributed by atoms with Crippen LogP contribution in [0.2, 0.25) is 0 Å². The fourth-order valence-electron chi connectivity index (χ4n) is 7.30. The Kier molecular flexibility index (Phi) is 10.2. The zero-order valence-electron chi connectivity index (χ0n) is 30.8. The van der Waals surface area contributed by atoms with Crippen molar-refractivity contribution in [2.24, 2.45) is 5.92 Å². The Morgan fingerprint density at radius 3 is 2.53 bits per heavy atom. The number of piperidine rings is 1. The number of hydrogen-bond donors (Lipinski definition) is 1. The molecule has 2 fully saturated rings. The molecule has 0 spiro atoms. The number of anilines is 2. The highest BCUT2D eigenvalue weighted by molar-refractivity contribution is 5.93. The van der Waals surface area contributed by atoms with Crippen molar-refractivity contribution in [3.05, 3.63) is 59.7 Å². The van der Waals surface area contributed by atoms with Gasteiger partial charge in [-0.25, -0.2) is 9.97 Å². The molecule has 0 saturated carbocycles. The third-order valence-corrected chi connectivity index (χ3v) is 10.3. The lowest BCUT2D eigenvalue weighted by molar-refractivity contribution is -0.192. The summed E-state index contributed by atoms with van der Waals surface area (Å²) in [7, 11) is 4.96. The molecular formula is C38H50N8O5. The quantitative estimate of drug-likeness (QED) is 0.153. The highest BCUT2D eigenvalue weighted by Gasteiger charge is 2.32. The van der Waals surface area contributed by atoms with Gasteiger partial charge in [-0.2, -0.15) is 9.61 Å². The van der Waals surface area contributed by atoms with E-state index in [1.54, 1.807) is 21.3 Å². The molecule has 0 aliphatic carbocycles. The number of methoxy groups -OCH3 is 3. The van der Waals surface area contributed by atoms with Crippen LogP contribution in [0.4, 0.5) is 11.6 Å². The van der Waals surface area contributed by atoms with E-state index < -0.39 is 0 Å². The van der Waals surface area contributed by atoms with Gasteiger partial charge in [-0.1, -0.05) is 6.92 Å². The Morgan fingerprint density at radius 1 is 0.961 bits per heavy atom. The van der Waals surface area contributed by atoms with Gasteiger partial charge in [0.05, 0.1) is 50.4 Å². The largest absolute Gasteiger partial charge is 0.497 e. The summed E-state index contributed by atoms with van der Waals surface area (Å²) in [5, 5.41) is 14.5. The lowest BCUT2D eigenvalue weighted by Crippen LogP contribution is -2.39. The molecule has 0 radical (unpaired) electrons. The molecule has 5 heterocycles. The fraction of sp³-hybridized carbons (Fsp3) is 0.526. The predicted octanol–water partition coefficient (Wildman–Crippen LogP) is 6.54. The van der Waals surface area contributed by atoms with Crippen LogP contribution in [-0.4, -0.2) is 82.8 Å². The van der Waals surface area contributed by atoms with Crippen molar-refractivity contribution in [2.75, 3.05) is 51.2 Å². The molecule has 5 atom stereocenters. The number of ether oxygens (including phenoxy) is 5. The smallest absolute Gasteiger partial charge is 0.226 e. The molecule has 13 heteroatoms. The lowest BCUT2D eigenvalue weighted by atomic mass is 9.89. The van der Waals surface area contributed by atoms with Crippen LogP contribution in [0.1, 0.15) is 75.5 Å². The Hall–Kier alpha value is -4.62. The zero-order valence-corrected chi connectivity index (χ0v) is 30.8. The van der Waals surface area contributed by atoms with Gasteiger partial charge in [0.2, 0.25) is 5.95 Å². The Balaban J connectivity index is 1.16. The number of rotatable bonds is 12. The van der Waals surface area contributed by atoms with E-state index >= 15 is 0 Å². The molecule has 5 aromatic rings. The topological polar surface area (TPSA) is 122 Å². The normalized spacial score (nSPS) is 20.8. The van der Waals surface area contributed by atoms with Gasteiger partial charge in [0.25, 0.3) is 0 Å². The minimum atomic E-state index is -0.135. The summed E-state index contributed by atoms with van der Waals surface area (Å²) in [6, 6.07) is 11.7. The van der Waals surface area contributed by atoms with Crippen LogP contribution in [0.15, 0.2) is 42.6 Å². The second-order valence-corrected chi connectivity index (χ2v) is 14.0. The summed E-state index contributed by atoms with van der Waals surface area (Å²) in [5.74, 6) is 4.12. The molecule has 2 aliphatic rings. The van der Waals surface area contributed by atoms with E-state index in [-0.39, 0.29) is 24.4 Å². The summed E-state index contributed by atoms with van der Waals surface area (Å²) >= 11 is 0. The Labute approximate surface area is 299 Å². The lowest BCUT2D eigenvalue weighted by Gasteiger charge is -2.36. The standard InChI is InChI=1S/C38H50N8O5/c1-23-16-28(21-44(20-23)33-22-45(42-24(33)2)25(3)26(4)51-35-10-8-9-15-50-35)36-41-37-31-14-13-29(47-5)17-32(31)40-38(46(37)43-36)39-19-27-11-12-30(48-6)18-34(27)49-7/h11-14,17-18,22-23,25-26,28,35H,8-10,15-16,19-21H2,1-7H3,(H,39,40). The third-order valence-electron chi connectivity index (χ3n) is 10.3. The molecule has 1 N–H and O–H groups in total. The summed E-state index contributed by atoms with van der Waals surface area (Å²) < 4.78 is 32.6. The first kappa shape index (κ1) is 34.8. The van der Waals surface area contributed by atoms with Crippen molar-refractivity contribution >= 4 is 28.2 Å². The summed E-state index contributed by atoms with van der Waals surface area (Å²) in [6.07, 6.45) is 6.18. The molecule has 0 bridgehead atoms. The zero-order chi connectivity index (χ0) is 35.6. The number of aryl methyl sites for hydroxylation is 1. The van der Waals surface area contributed by atoms with E-state index in [4.69, 9.17) is 43.8 Å². The predicted molar refractivity (Wildman–Crippen MR) is 196 cm³/mol. The van der Waals surface area contributed by atoms with Crippen LogP contribution in [0.3, 0.4) is 0 Å². The van der Waals surface area contributed by atoms with E-state index in [2.05, 4.69) is 48.8 Å². The molecule has 5 unspecified atom stereocenters. The minimum Gasteiger partial charge on any atom is -0.497 e. The average Bonchev–Trinajstić information content (AvgIpc) is 3.78. The van der Waals surface area contributed by atoms with E-state index in [1.165, 1.54) is 0 Å². The van der Waals surface area contributed by atoms with E-state index in [9.17, 15) is 0 Å². The molecule has 2 aliphatic heterocycles. The van der Waals surface area contributed by atoms with Gasteiger partial charge in [0, 0.05) is 61.4 Å². The molecular weight excluding hydrogens is 648 g/mol. The van der Waals surface area contributed by atoms with Gasteiger partial charge in [-0.05, 0) is 76.6 Å². The first-order valence-electron chi connectivity index (χ1n) is 18.0. The summed E-state index contributed by atoms with van der Waals surface area (Å²) in [5.41, 5.74) is 4.63. The van der Waals surface area contributed by atoms with E-state index in [1.807, 2.05) is 40.9 Å². The van der Waals surface area contributed by atoms with E-state index in [0.29, 0.717) is 18.4 Å². The number of nitrogens with one attached hydrogen (secondary N) is 1. The summed E-state index contributed by atoms with van der Waals surface area (Å²) in [4.78, 5) is 12.6. The Bertz CT molecular complexity index is 1970. The molecule has 272 valence electrons.